The lowest BCUT2D eigenvalue weighted by molar-refractivity contribution is -0.142. The standard InChI is InChI=1S/C46H44F3N5O7/c1-27(30-16-18-33(19-17-30)46(47,48)49)41-44(59)52-36(24-28-8-3-2-4-9-28)42(57)53-38(45(60)61)25-29-14-20-34(21-15-29)50-39(55)22-23-40(56)51-37(43(58)54-41)26-32-12-7-11-31-10-5-6-13-35(31)32/h2-21,27,36-38,41H,22-26H2,1H3,(H,50,55)(H,51,56)(H,52,59)(H,53,57)(H,54,58)(H,60,61)/t27?,36-,37-,38+,41+/m1/s1. The van der Waals surface area contributed by atoms with E-state index < -0.39 is 77.3 Å². The van der Waals surface area contributed by atoms with Crippen molar-refractivity contribution >= 4 is 52.0 Å². The number of alkyl halides is 3. The van der Waals surface area contributed by atoms with Gasteiger partial charge in [-0.25, -0.2) is 4.79 Å². The minimum Gasteiger partial charge on any atom is -0.480 e. The van der Waals surface area contributed by atoms with Crippen molar-refractivity contribution in [2.24, 2.45) is 0 Å². The van der Waals surface area contributed by atoms with Gasteiger partial charge in [-0.15, -0.1) is 0 Å². The van der Waals surface area contributed by atoms with E-state index in [-0.39, 0.29) is 37.7 Å². The second-order valence-corrected chi connectivity index (χ2v) is 15.0. The third-order valence-corrected chi connectivity index (χ3v) is 10.6. The van der Waals surface area contributed by atoms with E-state index in [0.717, 1.165) is 22.9 Å². The first-order valence-corrected chi connectivity index (χ1v) is 19.6. The number of halogens is 3. The number of hydrogen-bond acceptors (Lipinski definition) is 6. The molecule has 0 fully saturated rings. The number of carbonyl (C=O) groups excluding carboxylic acids is 5. The maximum absolute atomic E-state index is 14.6. The molecule has 61 heavy (non-hydrogen) atoms. The van der Waals surface area contributed by atoms with Gasteiger partial charge in [-0.1, -0.05) is 104 Å². The van der Waals surface area contributed by atoms with Gasteiger partial charge in [0.1, 0.15) is 24.2 Å². The van der Waals surface area contributed by atoms with Gasteiger partial charge in [0, 0.05) is 43.7 Å². The van der Waals surface area contributed by atoms with Gasteiger partial charge in [0.15, 0.2) is 0 Å². The number of anilines is 1. The van der Waals surface area contributed by atoms with Crippen LogP contribution in [-0.2, 0) is 54.2 Å². The third-order valence-electron chi connectivity index (χ3n) is 10.6. The number of fused-ring (bicyclic) bond motifs is 19. The second kappa shape index (κ2) is 19.4. The van der Waals surface area contributed by atoms with Crippen molar-refractivity contribution < 1.29 is 47.0 Å². The van der Waals surface area contributed by atoms with Gasteiger partial charge in [0.05, 0.1) is 5.56 Å². The van der Waals surface area contributed by atoms with Crippen molar-refractivity contribution in [1.82, 2.24) is 21.3 Å². The molecule has 12 nitrogen and oxygen atoms in total. The largest absolute Gasteiger partial charge is 0.480 e. The molecule has 0 aromatic heterocycles. The Kier molecular flexibility index (Phi) is 13.8. The van der Waals surface area contributed by atoms with Crippen LogP contribution in [0, 0.1) is 0 Å². The highest BCUT2D eigenvalue weighted by atomic mass is 19.4. The molecule has 2 aliphatic rings. The molecule has 5 aromatic rings. The van der Waals surface area contributed by atoms with Crippen molar-refractivity contribution in [2.75, 3.05) is 5.32 Å². The van der Waals surface area contributed by atoms with E-state index >= 15 is 0 Å². The summed E-state index contributed by atoms with van der Waals surface area (Å²) in [4.78, 5) is 82.0. The van der Waals surface area contributed by atoms with Crippen molar-refractivity contribution in [2.45, 2.75) is 75.3 Å². The molecule has 0 spiro atoms. The molecular formula is C46H44F3N5O7. The van der Waals surface area contributed by atoms with E-state index in [1.807, 2.05) is 30.3 Å². The van der Waals surface area contributed by atoms with Crippen LogP contribution >= 0.6 is 0 Å². The summed E-state index contributed by atoms with van der Waals surface area (Å²) in [7, 11) is 0. The number of rotatable bonds is 7. The Hall–Kier alpha value is -7.03. The molecule has 6 N–H and O–H groups in total. The average Bonchev–Trinajstić information content (AvgIpc) is 3.24. The zero-order valence-electron chi connectivity index (χ0n) is 33.0. The molecule has 316 valence electrons. The van der Waals surface area contributed by atoms with E-state index in [1.54, 1.807) is 66.7 Å². The number of carboxylic acids is 1. The van der Waals surface area contributed by atoms with Gasteiger partial charge < -0.3 is 31.7 Å². The van der Waals surface area contributed by atoms with E-state index in [1.165, 1.54) is 19.1 Å². The van der Waals surface area contributed by atoms with E-state index in [0.29, 0.717) is 22.4 Å². The Balaban J connectivity index is 1.41. The van der Waals surface area contributed by atoms with Crippen molar-refractivity contribution in [3.63, 3.8) is 0 Å². The Morgan fingerprint density at radius 2 is 1.30 bits per heavy atom. The van der Waals surface area contributed by atoms with Crippen molar-refractivity contribution in [3.8, 4) is 0 Å². The predicted octanol–water partition coefficient (Wildman–Crippen LogP) is 5.45. The minimum absolute atomic E-state index is 0.0594. The number of carbonyl (C=O) groups is 6. The normalized spacial score (nSPS) is 20.3. The highest BCUT2D eigenvalue weighted by molar-refractivity contribution is 5.97. The minimum atomic E-state index is -4.65. The van der Waals surface area contributed by atoms with Gasteiger partial charge in [-0.2, -0.15) is 13.2 Å². The smallest absolute Gasteiger partial charge is 0.416 e. The van der Waals surface area contributed by atoms with Crippen LogP contribution in [-0.4, -0.2) is 64.8 Å². The summed E-state index contributed by atoms with van der Waals surface area (Å²) >= 11 is 0. The average molecular weight is 836 g/mol. The summed E-state index contributed by atoms with van der Waals surface area (Å²) in [5, 5.41) is 25.2. The molecule has 5 amide bonds. The quantitative estimate of drug-likeness (QED) is 0.118. The van der Waals surface area contributed by atoms with Gasteiger partial charge in [0.25, 0.3) is 0 Å². The lowest BCUT2D eigenvalue weighted by Crippen LogP contribution is -2.59. The summed E-state index contributed by atoms with van der Waals surface area (Å²) in [6.07, 6.45) is -5.55. The van der Waals surface area contributed by atoms with Gasteiger partial charge in [-0.05, 0) is 57.3 Å². The fourth-order valence-corrected chi connectivity index (χ4v) is 7.21. The molecule has 2 heterocycles. The summed E-state index contributed by atoms with van der Waals surface area (Å²) in [6, 6.07) is 26.1. The molecule has 5 aromatic carbocycles. The van der Waals surface area contributed by atoms with E-state index in [4.69, 9.17) is 0 Å². The van der Waals surface area contributed by atoms with Crippen molar-refractivity contribution in [3.05, 3.63) is 149 Å². The SMILES string of the molecule is CC(c1ccc(C(F)(F)F)cc1)[C@@H]1NC(=O)[C@@H](Cc2cccc3ccccc23)NC(=O)CCC(=O)Nc2ccc(cc2)C[C@@H](C(=O)O)NC(=O)[C@@H](Cc2ccccc2)NC1=O. The predicted molar refractivity (Wildman–Crippen MR) is 221 cm³/mol. The first kappa shape index (κ1) is 43.5. The Labute approximate surface area is 349 Å². The zero-order valence-corrected chi connectivity index (χ0v) is 33.0. The highest BCUT2D eigenvalue weighted by Crippen LogP contribution is 2.31. The molecule has 2 bridgehead atoms. The summed E-state index contributed by atoms with van der Waals surface area (Å²) in [5.41, 5.74) is 1.47. The maximum atomic E-state index is 14.6. The van der Waals surface area contributed by atoms with Gasteiger partial charge in [0.2, 0.25) is 29.5 Å². The van der Waals surface area contributed by atoms with Crippen LogP contribution in [0.25, 0.3) is 10.8 Å². The zero-order chi connectivity index (χ0) is 43.7. The van der Waals surface area contributed by atoms with Crippen LogP contribution < -0.4 is 26.6 Å². The van der Waals surface area contributed by atoms with Crippen LogP contribution in [0.4, 0.5) is 18.9 Å². The van der Waals surface area contributed by atoms with Crippen LogP contribution in [0.3, 0.4) is 0 Å². The number of nitrogens with one attached hydrogen (secondary N) is 5. The summed E-state index contributed by atoms with van der Waals surface area (Å²) in [5.74, 6) is -6.11. The maximum Gasteiger partial charge on any atom is 0.416 e. The third kappa shape index (κ3) is 11.6. The fourth-order valence-electron chi connectivity index (χ4n) is 7.21. The van der Waals surface area contributed by atoms with Gasteiger partial charge in [-0.3, -0.25) is 24.0 Å². The van der Waals surface area contributed by atoms with Gasteiger partial charge >= 0.3 is 12.1 Å². The van der Waals surface area contributed by atoms with Crippen molar-refractivity contribution in [1.29, 1.82) is 0 Å². The Bertz CT molecular complexity index is 2390. The topological polar surface area (TPSA) is 183 Å². The molecule has 0 radical (unpaired) electrons. The fraction of sp³-hybridized carbons (Fsp3) is 0.261. The lowest BCUT2D eigenvalue weighted by Gasteiger charge is -2.30. The van der Waals surface area contributed by atoms with E-state index in [2.05, 4.69) is 26.6 Å². The summed E-state index contributed by atoms with van der Waals surface area (Å²) < 4.78 is 40.7. The van der Waals surface area contributed by atoms with Crippen LogP contribution in [0.2, 0.25) is 0 Å². The molecule has 1 unspecified atom stereocenters. The molecule has 0 saturated heterocycles. The van der Waals surface area contributed by atoms with E-state index in [9.17, 15) is 47.0 Å². The molecule has 2 aliphatic heterocycles. The number of amides is 5. The molecule has 15 heteroatoms. The van der Waals surface area contributed by atoms with Crippen LogP contribution in [0.5, 0.6) is 0 Å². The molecule has 0 aliphatic carbocycles. The number of aliphatic carboxylic acids is 1. The number of benzene rings is 5. The molecule has 0 saturated carbocycles. The molecular weight excluding hydrogens is 792 g/mol. The Morgan fingerprint density at radius 3 is 1.98 bits per heavy atom. The van der Waals surface area contributed by atoms with Crippen LogP contribution in [0.15, 0.2) is 121 Å². The molecule has 7 rings (SSSR count). The first-order valence-electron chi connectivity index (χ1n) is 19.6. The monoisotopic (exact) mass is 835 g/mol. The summed E-state index contributed by atoms with van der Waals surface area (Å²) in [6.45, 7) is 1.52. The first-order chi connectivity index (χ1) is 29.1. The van der Waals surface area contributed by atoms with Crippen LogP contribution in [0.1, 0.15) is 53.5 Å². The lowest BCUT2D eigenvalue weighted by atomic mass is 9.90. The number of hydrogen-bond donors (Lipinski definition) is 6. The molecule has 5 atom stereocenters. The Morgan fingerprint density at radius 1 is 0.672 bits per heavy atom. The second-order valence-electron chi connectivity index (χ2n) is 15.0. The highest BCUT2D eigenvalue weighted by Gasteiger charge is 2.36. The number of carboxylic acid groups (broad SMARTS) is 1.